The highest BCUT2D eigenvalue weighted by molar-refractivity contribution is 5.90. The molecule has 7 nitrogen and oxygen atoms in total. The largest absolute Gasteiger partial charge is 0.370 e. The molecule has 2 rings (SSSR count). The summed E-state index contributed by atoms with van der Waals surface area (Å²) < 4.78 is 1.55. The first-order valence-corrected chi connectivity index (χ1v) is 6.61. The monoisotopic (exact) mass is 274 g/mol. The summed E-state index contributed by atoms with van der Waals surface area (Å²) in [6.07, 6.45) is 4.92. The maximum Gasteiger partial charge on any atom is 0.269 e. The quantitative estimate of drug-likeness (QED) is 0.823. The van der Waals surface area contributed by atoms with Gasteiger partial charge in [-0.05, 0) is 18.9 Å². The summed E-state index contributed by atoms with van der Waals surface area (Å²) in [4.78, 5) is 19.6. The molecule has 2 aromatic heterocycles. The van der Waals surface area contributed by atoms with Gasteiger partial charge in [0.1, 0.15) is 17.8 Å². The first-order valence-electron chi connectivity index (χ1n) is 6.61. The lowest BCUT2D eigenvalue weighted by molar-refractivity contribution is 0.0995. The lowest BCUT2D eigenvalue weighted by atomic mass is 10.2. The van der Waals surface area contributed by atoms with Crippen LogP contribution in [0.1, 0.15) is 36.3 Å². The number of carbonyl (C=O) groups excluding carboxylic acids is 1. The Balaban J connectivity index is 2.41. The standard InChI is InChI=1S/C13H18N6O/c1-3-6-15-12-9(4-2)13(17-8-16-12)19-7-5-10(18-19)11(14)20/h5,7-8H,3-4,6H2,1-2H3,(H2,14,20)(H,15,16,17). The number of nitrogens with one attached hydrogen (secondary N) is 1. The number of nitrogens with two attached hydrogens (primary N) is 1. The van der Waals surface area contributed by atoms with Crippen LogP contribution in [0.3, 0.4) is 0 Å². The van der Waals surface area contributed by atoms with E-state index in [1.165, 1.54) is 6.33 Å². The number of amides is 1. The van der Waals surface area contributed by atoms with Gasteiger partial charge in [-0.2, -0.15) is 5.10 Å². The van der Waals surface area contributed by atoms with Crippen molar-refractivity contribution in [1.82, 2.24) is 19.7 Å². The van der Waals surface area contributed by atoms with Gasteiger partial charge in [-0.1, -0.05) is 13.8 Å². The van der Waals surface area contributed by atoms with Gasteiger partial charge in [0.25, 0.3) is 5.91 Å². The topological polar surface area (TPSA) is 98.7 Å². The average Bonchev–Trinajstić information content (AvgIpc) is 2.94. The highest BCUT2D eigenvalue weighted by Gasteiger charge is 2.13. The van der Waals surface area contributed by atoms with Crippen LogP contribution in [0, 0.1) is 0 Å². The maximum absolute atomic E-state index is 11.1. The summed E-state index contributed by atoms with van der Waals surface area (Å²) in [5, 5.41) is 7.40. The van der Waals surface area contributed by atoms with Crippen LogP contribution in [0.2, 0.25) is 0 Å². The van der Waals surface area contributed by atoms with E-state index in [1.807, 2.05) is 6.92 Å². The Morgan fingerprint density at radius 3 is 2.80 bits per heavy atom. The second-order valence-electron chi connectivity index (χ2n) is 4.31. The van der Waals surface area contributed by atoms with Crippen molar-refractivity contribution in [3.63, 3.8) is 0 Å². The van der Waals surface area contributed by atoms with Gasteiger partial charge in [0.15, 0.2) is 5.82 Å². The molecule has 0 aliphatic rings. The Hall–Kier alpha value is -2.44. The highest BCUT2D eigenvalue weighted by atomic mass is 16.1. The number of anilines is 1. The molecule has 20 heavy (non-hydrogen) atoms. The molecule has 0 saturated carbocycles. The molecule has 2 aromatic rings. The SMILES string of the molecule is CCCNc1ncnc(-n2ccc(C(N)=O)n2)c1CC. The van der Waals surface area contributed by atoms with Crippen molar-refractivity contribution in [2.24, 2.45) is 5.73 Å². The van der Waals surface area contributed by atoms with E-state index in [0.717, 1.165) is 30.8 Å². The zero-order chi connectivity index (χ0) is 14.5. The molecular formula is C13H18N6O. The third kappa shape index (κ3) is 2.76. The van der Waals surface area contributed by atoms with Crippen molar-refractivity contribution in [3.8, 4) is 5.82 Å². The van der Waals surface area contributed by atoms with Crippen molar-refractivity contribution in [1.29, 1.82) is 0 Å². The van der Waals surface area contributed by atoms with Gasteiger partial charge in [-0.15, -0.1) is 0 Å². The average molecular weight is 274 g/mol. The number of rotatable bonds is 6. The number of nitrogens with zero attached hydrogens (tertiary/aromatic N) is 4. The number of hydrogen-bond donors (Lipinski definition) is 2. The van der Waals surface area contributed by atoms with Crippen LogP contribution in [-0.2, 0) is 6.42 Å². The van der Waals surface area contributed by atoms with Gasteiger partial charge in [-0.25, -0.2) is 14.6 Å². The van der Waals surface area contributed by atoms with E-state index >= 15 is 0 Å². The molecular weight excluding hydrogens is 256 g/mol. The third-order valence-corrected chi connectivity index (χ3v) is 2.88. The van der Waals surface area contributed by atoms with Crippen LogP contribution < -0.4 is 11.1 Å². The van der Waals surface area contributed by atoms with Crippen LogP contribution in [0.25, 0.3) is 5.82 Å². The minimum atomic E-state index is -0.555. The Bertz CT molecular complexity index is 607. The van der Waals surface area contributed by atoms with Crippen LogP contribution in [0.5, 0.6) is 0 Å². The van der Waals surface area contributed by atoms with Crippen LogP contribution in [0.15, 0.2) is 18.6 Å². The fourth-order valence-electron chi connectivity index (χ4n) is 1.90. The third-order valence-electron chi connectivity index (χ3n) is 2.88. The summed E-state index contributed by atoms with van der Waals surface area (Å²) in [6, 6.07) is 1.57. The van der Waals surface area contributed by atoms with Crippen molar-refractivity contribution in [2.75, 3.05) is 11.9 Å². The fourth-order valence-corrected chi connectivity index (χ4v) is 1.90. The molecule has 0 fully saturated rings. The van der Waals surface area contributed by atoms with Gasteiger partial charge in [-0.3, -0.25) is 4.79 Å². The molecule has 106 valence electrons. The van der Waals surface area contributed by atoms with Gasteiger partial charge in [0, 0.05) is 18.3 Å². The van der Waals surface area contributed by atoms with Gasteiger partial charge < -0.3 is 11.1 Å². The number of primary amides is 1. The summed E-state index contributed by atoms with van der Waals surface area (Å²) in [7, 11) is 0. The molecule has 7 heteroatoms. The Morgan fingerprint density at radius 2 is 2.20 bits per heavy atom. The molecule has 2 heterocycles. The molecule has 0 unspecified atom stereocenters. The van der Waals surface area contributed by atoms with E-state index in [0.29, 0.717) is 5.82 Å². The second-order valence-corrected chi connectivity index (χ2v) is 4.31. The zero-order valence-electron chi connectivity index (χ0n) is 11.6. The lowest BCUT2D eigenvalue weighted by Gasteiger charge is -2.12. The molecule has 0 radical (unpaired) electrons. The van der Waals surface area contributed by atoms with Crippen molar-refractivity contribution < 1.29 is 4.79 Å². The Kier molecular flexibility index (Phi) is 4.29. The lowest BCUT2D eigenvalue weighted by Crippen LogP contribution is -2.14. The predicted octanol–water partition coefficient (Wildman–Crippen LogP) is 1.15. The summed E-state index contributed by atoms with van der Waals surface area (Å²) in [5.41, 5.74) is 6.39. The van der Waals surface area contributed by atoms with Gasteiger partial charge in [0.2, 0.25) is 0 Å². The molecule has 3 N–H and O–H groups in total. The number of carbonyl (C=O) groups is 1. The van der Waals surface area contributed by atoms with Crippen LogP contribution in [-0.4, -0.2) is 32.2 Å². The highest BCUT2D eigenvalue weighted by Crippen LogP contribution is 2.19. The normalized spacial score (nSPS) is 10.5. The Morgan fingerprint density at radius 1 is 1.40 bits per heavy atom. The number of hydrogen-bond acceptors (Lipinski definition) is 5. The molecule has 0 atom stereocenters. The molecule has 0 saturated heterocycles. The zero-order valence-corrected chi connectivity index (χ0v) is 11.6. The van der Waals surface area contributed by atoms with Crippen LogP contribution in [0.4, 0.5) is 5.82 Å². The summed E-state index contributed by atoms with van der Waals surface area (Å²) in [5.74, 6) is 0.907. The fraction of sp³-hybridized carbons (Fsp3) is 0.385. The summed E-state index contributed by atoms with van der Waals surface area (Å²) >= 11 is 0. The summed E-state index contributed by atoms with van der Waals surface area (Å²) in [6.45, 7) is 4.96. The molecule has 0 aliphatic heterocycles. The van der Waals surface area contributed by atoms with Crippen molar-refractivity contribution >= 4 is 11.7 Å². The van der Waals surface area contributed by atoms with E-state index in [1.54, 1.807) is 16.9 Å². The minimum Gasteiger partial charge on any atom is -0.370 e. The van der Waals surface area contributed by atoms with E-state index in [-0.39, 0.29) is 5.69 Å². The van der Waals surface area contributed by atoms with Crippen molar-refractivity contribution in [3.05, 3.63) is 29.8 Å². The minimum absolute atomic E-state index is 0.216. The van der Waals surface area contributed by atoms with E-state index in [9.17, 15) is 4.79 Å². The van der Waals surface area contributed by atoms with E-state index < -0.39 is 5.91 Å². The maximum atomic E-state index is 11.1. The molecule has 0 bridgehead atoms. The first-order chi connectivity index (χ1) is 9.67. The molecule has 1 amide bonds. The molecule has 0 aromatic carbocycles. The van der Waals surface area contributed by atoms with E-state index in [4.69, 9.17) is 5.73 Å². The van der Waals surface area contributed by atoms with Gasteiger partial charge >= 0.3 is 0 Å². The number of aromatic nitrogens is 4. The smallest absolute Gasteiger partial charge is 0.269 e. The van der Waals surface area contributed by atoms with Gasteiger partial charge in [0.05, 0.1) is 0 Å². The molecule has 0 aliphatic carbocycles. The molecule has 0 spiro atoms. The van der Waals surface area contributed by atoms with E-state index in [2.05, 4.69) is 27.3 Å². The van der Waals surface area contributed by atoms with Crippen LogP contribution >= 0.6 is 0 Å². The first kappa shape index (κ1) is 14.0. The Labute approximate surface area is 117 Å². The predicted molar refractivity (Wildman–Crippen MR) is 75.8 cm³/mol. The van der Waals surface area contributed by atoms with Crippen molar-refractivity contribution in [2.45, 2.75) is 26.7 Å². The second kappa shape index (κ2) is 6.14.